The standard InChI is InChI=1S/C8H12F3NO3/c9-8(10,11)7(14)12-4-6-3-5(13)1-2-15-6/h5-6,13H,1-4H2,(H,12,14). The number of nitrogens with one attached hydrogen (secondary N) is 1. The number of alkyl halides is 3. The molecule has 2 N–H and O–H groups in total. The fraction of sp³-hybridized carbons (Fsp3) is 0.875. The van der Waals surface area contributed by atoms with Gasteiger partial charge in [-0.3, -0.25) is 4.79 Å². The van der Waals surface area contributed by atoms with Crippen LogP contribution in [0.3, 0.4) is 0 Å². The first-order valence-electron chi connectivity index (χ1n) is 4.54. The van der Waals surface area contributed by atoms with E-state index in [2.05, 4.69) is 0 Å². The van der Waals surface area contributed by atoms with Crippen LogP contribution in [-0.4, -0.2) is 42.5 Å². The van der Waals surface area contributed by atoms with Crippen LogP contribution in [0.5, 0.6) is 0 Å². The lowest BCUT2D eigenvalue weighted by Crippen LogP contribution is -2.43. The quantitative estimate of drug-likeness (QED) is 0.708. The van der Waals surface area contributed by atoms with Gasteiger partial charge in [0.05, 0.1) is 12.2 Å². The van der Waals surface area contributed by atoms with Crippen LogP contribution in [0.4, 0.5) is 13.2 Å². The lowest BCUT2D eigenvalue weighted by molar-refractivity contribution is -0.174. The highest BCUT2D eigenvalue weighted by Crippen LogP contribution is 2.16. The van der Waals surface area contributed by atoms with E-state index < -0.39 is 24.3 Å². The van der Waals surface area contributed by atoms with Gasteiger partial charge in [-0.1, -0.05) is 0 Å². The molecule has 0 bridgehead atoms. The van der Waals surface area contributed by atoms with Crippen molar-refractivity contribution in [2.75, 3.05) is 13.2 Å². The zero-order chi connectivity index (χ0) is 11.5. The number of hydrogen-bond donors (Lipinski definition) is 2. The Morgan fingerprint density at radius 1 is 1.53 bits per heavy atom. The highest BCUT2D eigenvalue weighted by molar-refractivity contribution is 5.81. The molecule has 2 atom stereocenters. The summed E-state index contributed by atoms with van der Waals surface area (Å²) in [6.07, 6.45) is -5.25. The van der Waals surface area contributed by atoms with Crippen molar-refractivity contribution in [1.29, 1.82) is 0 Å². The zero-order valence-electron chi connectivity index (χ0n) is 7.88. The number of carbonyl (C=O) groups excluding carboxylic acids is 1. The molecule has 15 heavy (non-hydrogen) atoms. The molecule has 1 saturated heterocycles. The van der Waals surface area contributed by atoms with Crippen molar-refractivity contribution >= 4 is 5.91 Å². The molecule has 0 radical (unpaired) electrons. The van der Waals surface area contributed by atoms with Gasteiger partial charge in [0.1, 0.15) is 0 Å². The van der Waals surface area contributed by atoms with Crippen LogP contribution < -0.4 is 5.32 Å². The Labute approximate surface area is 84.4 Å². The molecule has 1 fully saturated rings. The van der Waals surface area contributed by atoms with Crippen LogP contribution in [-0.2, 0) is 9.53 Å². The second-order valence-electron chi connectivity index (χ2n) is 3.38. The fourth-order valence-corrected chi connectivity index (χ4v) is 1.31. The van der Waals surface area contributed by atoms with Gasteiger partial charge in [0.15, 0.2) is 0 Å². The van der Waals surface area contributed by atoms with Gasteiger partial charge in [-0.15, -0.1) is 0 Å². The molecule has 1 heterocycles. The van der Waals surface area contributed by atoms with Gasteiger partial charge in [-0.2, -0.15) is 13.2 Å². The van der Waals surface area contributed by atoms with E-state index in [1.807, 2.05) is 0 Å². The average molecular weight is 227 g/mol. The Kier molecular flexibility index (Phi) is 3.92. The summed E-state index contributed by atoms with van der Waals surface area (Å²) in [5.41, 5.74) is 0. The Morgan fingerprint density at radius 3 is 2.73 bits per heavy atom. The van der Waals surface area contributed by atoms with E-state index in [0.717, 1.165) is 0 Å². The molecule has 0 spiro atoms. The second-order valence-corrected chi connectivity index (χ2v) is 3.38. The number of amides is 1. The minimum absolute atomic E-state index is 0.227. The Balaban J connectivity index is 2.28. The minimum atomic E-state index is -4.87. The van der Waals surface area contributed by atoms with Crippen molar-refractivity contribution in [1.82, 2.24) is 5.32 Å². The third-order valence-electron chi connectivity index (χ3n) is 2.09. The fourth-order valence-electron chi connectivity index (χ4n) is 1.31. The first-order valence-corrected chi connectivity index (χ1v) is 4.54. The molecule has 1 amide bonds. The Bertz CT molecular complexity index is 232. The molecule has 0 aromatic heterocycles. The van der Waals surface area contributed by atoms with Gasteiger partial charge < -0.3 is 15.2 Å². The molecule has 4 nitrogen and oxygen atoms in total. The summed E-state index contributed by atoms with van der Waals surface area (Å²) in [7, 11) is 0. The summed E-state index contributed by atoms with van der Waals surface area (Å²) in [4.78, 5) is 10.4. The lowest BCUT2D eigenvalue weighted by atomic mass is 10.1. The molecule has 0 aromatic rings. The molecule has 88 valence electrons. The molecule has 2 unspecified atom stereocenters. The number of aliphatic hydroxyl groups excluding tert-OH is 1. The molecule has 0 aliphatic carbocycles. The summed E-state index contributed by atoms with van der Waals surface area (Å²) in [6.45, 7) is 0.0725. The van der Waals surface area contributed by atoms with Crippen molar-refractivity contribution < 1.29 is 27.8 Å². The van der Waals surface area contributed by atoms with Crippen LogP contribution in [0.15, 0.2) is 0 Å². The van der Waals surface area contributed by atoms with E-state index in [1.54, 1.807) is 5.32 Å². The number of carbonyl (C=O) groups is 1. The monoisotopic (exact) mass is 227 g/mol. The number of ether oxygens (including phenoxy) is 1. The number of hydrogen-bond acceptors (Lipinski definition) is 3. The predicted molar refractivity (Wildman–Crippen MR) is 44.0 cm³/mol. The molecule has 1 aliphatic rings. The SMILES string of the molecule is O=C(NCC1CC(O)CCO1)C(F)(F)F. The van der Waals surface area contributed by atoms with E-state index in [1.165, 1.54) is 0 Å². The summed E-state index contributed by atoms with van der Waals surface area (Å²) in [6, 6.07) is 0. The smallest absolute Gasteiger partial charge is 0.393 e. The molecule has 1 aliphatic heterocycles. The van der Waals surface area contributed by atoms with Crippen LogP contribution >= 0.6 is 0 Å². The largest absolute Gasteiger partial charge is 0.471 e. The highest BCUT2D eigenvalue weighted by Gasteiger charge is 2.38. The number of halogens is 3. The number of aliphatic hydroxyl groups is 1. The minimum Gasteiger partial charge on any atom is -0.393 e. The van der Waals surface area contributed by atoms with Gasteiger partial charge in [-0.05, 0) is 6.42 Å². The molecule has 0 saturated carbocycles. The third-order valence-corrected chi connectivity index (χ3v) is 2.09. The van der Waals surface area contributed by atoms with E-state index in [4.69, 9.17) is 4.74 Å². The molecule has 0 aromatic carbocycles. The number of rotatable bonds is 2. The van der Waals surface area contributed by atoms with Gasteiger partial charge in [0.2, 0.25) is 0 Å². The van der Waals surface area contributed by atoms with Crippen LogP contribution in [0.2, 0.25) is 0 Å². The van der Waals surface area contributed by atoms with E-state index >= 15 is 0 Å². The van der Waals surface area contributed by atoms with Gasteiger partial charge in [0, 0.05) is 19.6 Å². The van der Waals surface area contributed by atoms with Gasteiger partial charge in [0.25, 0.3) is 0 Å². The normalized spacial score (nSPS) is 27.5. The molecule has 7 heteroatoms. The van der Waals surface area contributed by atoms with Crippen molar-refractivity contribution in [3.8, 4) is 0 Å². The zero-order valence-corrected chi connectivity index (χ0v) is 7.88. The van der Waals surface area contributed by atoms with Gasteiger partial charge >= 0.3 is 12.1 Å². The average Bonchev–Trinajstić information content (AvgIpc) is 2.12. The van der Waals surface area contributed by atoms with Gasteiger partial charge in [-0.25, -0.2) is 0 Å². The Morgan fingerprint density at radius 2 is 2.20 bits per heavy atom. The molecule has 1 rings (SSSR count). The first-order chi connectivity index (χ1) is 6.89. The third kappa shape index (κ3) is 4.05. The predicted octanol–water partition coefficient (Wildman–Crippen LogP) is 0.205. The van der Waals surface area contributed by atoms with Crippen LogP contribution in [0.1, 0.15) is 12.8 Å². The summed E-state index contributed by atoms with van der Waals surface area (Å²) in [5.74, 6) is -1.98. The maximum absolute atomic E-state index is 11.8. The van der Waals surface area contributed by atoms with E-state index in [-0.39, 0.29) is 13.0 Å². The molecular formula is C8H12F3NO3. The maximum atomic E-state index is 11.8. The maximum Gasteiger partial charge on any atom is 0.471 e. The van der Waals surface area contributed by atoms with Crippen LogP contribution in [0, 0.1) is 0 Å². The lowest BCUT2D eigenvalue weighted by Gasteiger charge is -2.26. The summed E-state index contributed by atoms with van der Waals surface area (Å²) in [5, 5.41) is 10.9. The second kappa shape index (κ2) is 4.80. The van der Waals surface area contributed by atoms with Crippen LogP contribution in [0.25, 0.3) is 0 Å². The van der Waals surface area contributed by atoms with Crippen molar-refractivity contribution in [3.63, 3.8) is 0 Å². The van der Waals surface area contributed by atoms with Crippen molar-refractivity contribution in [2.24, 2.45) is 0 Å². The van der Waals surface area contributed by atoms with E-state index in [0.29, 0.717) is 13.0 Å². The highest BCUT2D eigenvalue weighted by atomic mass is 19.4. The topological polar surface area (TPSA) is 58.6 Å². The molecular weight excluding hydrogens is 215 g/mol. The summed E-state index contributed by atoms with van der Waals surface area (Å²) >= 11 is 0. The van der Waals surface area contributed by atoms with Crippen molar-refractivity contribution in [3.05, 3.63) is 0 Å². The first kappa shape index (κ1) is 12.3. The van der Waals surface area contributed by atoms with E-state index in [9.17, 15) is 23.1 Å². The van der Waals surface area contributed by atoms with Crippen molar-refractivity contribution in [2.45, 2.75) is 31.2 Å². The Hall–Kier alpha value is -0.820. The summed E-state index contributed by atoms with van der Waals surface area (Å²) < 4.78 is 40.4.